The number of nitrogens with zero attached hydrogens (tertiary/aromatic N) is 4. The Morgan fingerprint density at radius 3 is 2.46 bits per heavy atom. The van der Waals surface area contributed by atoms with Crippen LogP contribution in [0.15, 0.2) is 36.4 Å². The highest BCUT2D eigenvalue weighted by molar-refractivity contribution is 6.39. The van der Waals surface area contributed by atoms with Crippen LogP contribution in [-0.4, -0.2) is 40.1 Å². The van der Waals surface area contributed by atoms with Crippen LogP contribution in [0.25, 0.3) is 33.1 Å². The zero-order valence-electron chi connectivity index (χ0n) is 13.4. The summed E-state index contributed by atoms with van der Waals surface area (Å²) < 4.78 is 2.14. The lowest BCUT2D eigenvalue weighted by Crippen LogP contribution is -2.18. The molecule has 0 spiro atoms. The fraction of sp³-hybridized carbons (Fsp3) is 0.222. The normalized spacial score (nSPS) is 12.0. The van der Waals surface area contributed by atoms with Crippen molar-refractivity contribution in [1.29, 1.82) is 0 Å². The predicted octanol–water partition coefficient (Wildman–Crippen LogP) is 4.61. The molecular formula is C18H16Cl2N4. The molecule has 0 bridgehead atoms. The summed E-state index contributed by atoms with van der Waals surface area (Å²) in [6.45, 7) is 1.66. The van der Waals surface area contributed by atoms with Crippen LogP contribution < -0.4 is 0 Å². The molecule has 2 aromatic carbocycles. The van der Waals surface area contributed by atoms with Gasteiger partial charge in [0.05, 0.1) is 21.6 Å². The third-order valence-electron chi connectivity index (χ3n) is 4.13. The van der Waals surface area contributed by atoms with Gasteiger partial charge in [-0.1, -0.05) is 35.3 Å². The number of benzene rings is 2. The van der Waals surface area contributed by atoms with Crippen molar-refractivity contribution in [3.8, 4) is 0 Å². The van der Waals surface area contributed by atoms with E-state index in [2.05, 4.69) is 9.47 Å². The maximum Gasteiger partial charge on any atom is 0.160 e. The van der Waals surface area contributed by atoms with E-state index in [1.54, 1.807) is 6.07 Å². The smallest absolute Gasteiger partial charge is 0.160 e. The van der Waals surface area contributed by atoms with E-state index in [1.165, 1.54) is 0 Å². The molecule has 4 rings (SSSR count). The van der Waals surface area contributed by atoms with Crippen molar-refractivity contribution in [2.75, 3.05) is 20.6 Å². The summed E-state index contributed by atoms with van der Waals surface area (Å²) in [6.07, 6.45) is 0. The Morgan fingerprint density at radius 2 is 1.75 bits per heavy atom. The van der Waals surface area contributed by atoms with Gasteiger partial charge in [0.15, 0.2) is 5.65 Å². The molecule has 24 heavy (non-hydrogen) atoms. The minimum atomic E-state index is 0.606. The fourth-order valence-electron chi connectivity index (χ4n) is 3.00. The number of halogens is 2. The van der Waals surface area contributed by atoms with Crippen LogP contribution in [0.1, 0.15) is 0 Å². The standard InChI is InChI=1S/C18H16Cl2N4/c1-23(2)7-8-24-17-12(9-11(19)10-13(17)20)16-18(24)22-15-6-4-3-5-14(15)21-16/h3-6,9-10H,7-8H2,1-2H3. The lowest BCUT2D eigenvalue weighted by Gasteiger charge is -2.12. The number of rotatable bonds is 3. The van der Waals surface area contributed by atoms with Gasteiger partial charge < -0.3 is 9.47 Å². The number of hydrogen-bond donors (Lipinski definition) is 0. The zero-order chi connectivity index (χ0) is 16.8. The molecule has 4 nitrogen and oxygen atoms in total. The molecule has 122 valence electrons. The maximum atomic E-state index is 6.51. The van der Waals surface area contributed by atoms with E-state index in [0.29, 0.717) is 10.0 Å². The summed E-state index contributed by atoms with van der Waals surface area (Å²) in [5, 5.41) is 2.17. The van der Waals surface area contributed by atoms with Crippen molar-refractivity contribution in [1.82, 2.24) is 19.4 Å². The first-order valence-corrected chi connectivity index (χ1v) is 8.48. The van der Waals surface area contributed by atoms with E-state index < -0.39 is 0 Å². The van der Waals surface area contributed by atoms with Gasteiger partial charge in [0.1, 0.15) is 5.52 Å². The highest BCUT2D eigenvalue weighted by atomic mass is 35.5. The lowest BCUT2D eigenvalue weighted by atomic mass is 10.2. The van der Waals surface area contributed by atoms with Gasteiger partial charge in [-0.05, 0) is 38.4 Å². The van der Waals surface area contributed by atoms with Crippen molar-refractivity contribution in [2.45, 2.75) is 6.54 Å². The minimum Gasteiger partial charge on any atom is -0.321 e. The van der Waals surface area contributed by atoms with Gasteiger partial charge in [0.25, 0.3) is 0 Å². The monoisotopic (exact) mass is 358 g/mol. The minimum absolute atomic E-state index is 0.606. The highest BCUT2D eigenvalue weighted by Gasteiger charge is 2.17. The number of aromatic nitrogens is 3. The first-order chi connectivity index (χ1) is 11.5. The Labute approximate surface area is 149 Å². The molecule has 2 heterocycles. The summed E-state index contributed by atoms with van der Waals surface area (Å²) >= 11 is 12.7. The molecule has 0 radical (unpaired) electrons. The molecule has 0 aliphatic carbocycles. The van der Waals surface area contributed by atoms with Gasteiger partial charge in [-0.25, -0.2) is 9.97 Å². The molecular weight excluding hydrogens is 343 g/mol. The Morgan fingerprint density at radius 1 is 1.04 bits per heavy atom. The first-order valence-electron chi connectivity index (χ1n) is 7.73. The summed E-state index contributed by atoms with van der Waals surface area (Å²) in [6, 6.07) is 11.6. The summed E-state index contributed by atoms with van der Waals surface area (Å²) in [5.41, 5.74) is 4.36. The van der Waals surface area contributed by atoms with Crippen molar-refractivity contribution in [3.63, 3.8) is 0 Å². The number of para-hydroxylation sites is 2. The van der Waals surface area contributed by atoms with Gasteiger partial charge in [-0.15, -0.1) is 0 Å². The molecule has 0 unspecified atom stereocenters. The van der Waals surface area contributed by atoms with Crippen LogP contribution in [-0.2, 0) is 6.54 Å². The van der Waals surface area contributed by atoms with E-state index in [9.17, 15) is 0 Å². The third-order valence-corrected chi connectivity index (χ3v) is 4.64. The van der Waals surface area contributed by atoms with Crippen molar-refractivity contribution in [2.24, 2.45) is 0 Å². The predicted molar refractivity (Wildman–Crippen MR) is 101 cm³/mol. The van der Waals surface area contributed by atoms with Gasteiger partial charge in [0, 0.05) is 23.5 Å². The van der Waals surface area contributed by atoms with Crippen LogP contribution in [0.2, 0.25) is 10.0 Å². The van der Waals surface area contributed by atoms with Crippen molar-refractivity contribution >= 4 is 56.3 Å². The van der Waals surface area contributed by atoms with Crippen LogP contribution in [0.5, 0.6) is 0 Å². The van der Waals surface area contributed by atoms with Crippen molar-refractivity contribution in [3.05, 3.63) is 46.4 Å². The van der Waals surface area contributed by atoms with Crippen LogP contribution >= 0.6 is 23.2 Å². The Hall–Kier alpha value is -1.88. The van der Waals surface area contributed by atoms with Crippen LogP contribution in [0, 0.1) is 0 Å². The molecule has 6 heteroatoms. The second kappa shape index (κ2) is 5.88. The number of fused-ring (bicyclic) bond motifs is 4. The van der Waals surface area contributed by atoms with E-state index >= 15 is 0 Å². The highest BCUT2D eigenvalue weighted by Crippen LogP contribution is 2.35. The van der Waals surface area contributed by atoms with Gasteiger partial charge >= 0.3 is 0 Å². The largest absolute Gasteiger partial charge is 0.321 e. The zero-order valence-corrected chi connectivity index (χ0v) is 14.9. The van der Waals surface area contributed by atoms with E-state index in [1.807, 2.05) is 44.4 Å². The third kappa shape index (κ3) is 2.51. The Kier molecular flexibility index (Phi) is 3.83. The number of hydrogen-bond acceptors (Lipinski definition) is 3. The number of likely N-dealkylation sites (N-methyl/N-ethyl adjacent to an activating group) is 1. The topological polar surface area (TPSA) is 34.0 Å². The van der Waals surface area contributed by atoms with E-state index in [4.69, 9.17) is 33.2 Å². The molecule has 0 aliphatic rings. The molecule has 0 saturated heterocycles. The van der Waals surface area contributed by atoms with Gasteiger partial charge in [-0.3, -0.25) is 0 Å². The SMILES string of the molecule is CN(C)CCn1c2nc3ccccc3nc2c2cc(Cl)cc(Cl)c21. The van der Waals surface area contributed by atoms with Crippen molar-refractivity contribution < 1.29 is 0 Å². The van der Waals surface area contributed by atoms with Gasteiger partial charge in [-0.2, -0.15) is 0 Å². The molecule has 0 atom stereocenters. The fourth-order valence-corrected chi connectivity index (χ4v) is 3.60. The molecule has 0 fully saturated rings. The molecule has 4 aromatic rings. The summed E-state index contributed by atoms with van der Waals surface area (Å²) in [4.78, 5) is 11.8. The maximum absolute atomic E-state index is 6.51. The average molecular weight is 359 g/mol. The van der Waals surface area contributed by atoms with E-state index in [-0.39, 0.29) is 0 Å². The second-order valence-electron chi connectivity index (χ2n) is 6.12. The van der Waals surface area contributed by atoms with Crippen LogP contribution in [0.3, 0.4) is 0 Å². The lowest BCUT2D eigenvalue weighted by molar-refractivity contribution is 0.389. The quantitative estimate of drug-likeness (QED) is 0.536. The summed E-state index contributed by atoms with van der Waals surface area (Å²) in [7, 11) is 4.10. The van der Waals surface area contributed by atoms with Crippen LogP contribution in [0.4, 0.5) is 0 Å². The molecule has 0 amide bonds. The molecule has 0 N–H and O–H groups in total. The average Bonchev–Trinajstić information content (AvgIpc) is 2.84. The Balaban J connectivity index is 2.12. The molecule has 0 saturated carbocycles. The molecule has 2 aromatic heterocycles. The van der Waals surface area contributed by atoms with E-state index in [0.717, 1.165) is 46.2 Å². The Bertz CT molecular complexity index is 1070. The first kappa shape index (κ1) is 15.6. The van der Waals surface area contributed by atoms with Gasteiger partial charge in [0.2, 0.25) is 0 Å². The summed E-state index contributed by atoms with van der Waals surface area (Å²) in [5.74, 6) is 0. The second-order valence-corrected chi connectivity index (χ2v) is 6.97. The molecule has 0 aliphatic heterocycles.